The maximum absolute atomic E-state index is 14.2. The third kappa shape index (κ3) is 12.6. The Balaban J connectivity index is 2.27. The average molecular weight is 858 g/mol. The van der Waals surface area contributed by atoms with Crippen molar-refractivity contribution in [2.24, 2.45) is 23.7 Å². The maximum atomic E-state index is 14.2. The summed E-state index contributed by atoms with van der Waals surface area (Å²) >= 11 is 2.09. The monoisotopic (exact) mass is 857 g/mol. The fraction of sp³-hybridized carbons (Fsp3) is 0.718. The number of methoxy groups -OCH3 is 2. The molecular weight excluding hydrogens is 793 g/mol. The molecule has 0 aliphatic carbocycles. The van der Waals surface area contributed by atoms with E-state index in [4.69, 9.17) is 9.47 Å². The number of amides is 4. The largest absolute Gasteiger partial charge is 0.480 e. The number of halogens is 1. The van der Waals surface area contributed by atoms with Crippen molar-refractivity contribution in [1.82, 2.24) is 23.5 Å². The molecule has 0 aromatic heterocycles. The van der Waals surface area contributed by atoms with Crippen LogP contribution in [0.2, 0.25) is 0 Å². The zero-order chi connectivity index (χ0) is 40.2. The molecule has 1 aromatic rings. The number of carboxylic acids is 1. The Hall–Kier alpha value is -2.82. The molecule has 0 unspecified atom stereocenters. The maximum Gasteiger partial charge on any atom is 0.326 e. The third-order valence-electron chi connectivity index (χ3n) is 10.7. The second-order valence-electron chi connectivity index (χ2n) is 15.1. The van der Waals surface area contributed by atoms with E-state index in [1.54, 1.807) is 23.8 Å². The molecular formula is C39H64IN5O8. The Morgan fingerprint density at radius 3 is 2.06 bits per heavy atom. The number of nitrogens with zero attached hydrogens (tertiary/aromatic N) is 3. The van der Waals surface area contributed by atoms with Gasteiger partial charge in [0.05, 0.1) is 36.6 Å². The summed E-state index contributed by atoms with van der Waals surface area (Å²) in [5.41, 5.74) is 0.785. The molecule has 1 fully saturated rings. The van der Waals surface area contributed by atoms with Crippen molar-refractivity contribution < 1.29 is 38.6 Å². The number of aliphatic carboxylic acids is 1. The van der Waals surface area contributed by atoms with Crippen molar-refractivity contribution in [3.63, 3.8) is 0 Å². The number of hydrogen-bond donors (Lipinski definition) is 3. The summed E-state index contributed by atoms with van der Waals surface area (Å²) in [7, 11) is 6.58. The van der Waals surface area contributed by atoms with Gasteiger partial charge >= 0.3 is 5.97 Å². The molecule has 14 heteroatoms. The van der Waals surface area contributed by atoms with Gasteiger partial charge in [0.25, 0.3) is 0 Å². The summed E-state index contributed by atoms with van der Waals surface area (Å²) in [6, 6.07) is 5.87. The molecule has 300 valence electrons. The number of benzene rings is 1. The first-order chi connectivity index (χ1) is 24.9. The SMILES string of the molecule is CC[C@H](C)[C@@H]([C@@H](CC(=O)N1CCC[C@H]1[C@H](OC)[C@@H](C)C(=O)N[C@@H](Cc1ccccc1)C(=O)O)OC)N(C)C(=O)[C@@H](NC(=O)[C@H](C(C)C)N(C)I)C(C)C. The van der Waals surface area contributed by atoms with Gasteiger partial charge in [-0.1, -0.05) is 85.2 Å². The van der Waals surface area contributed by atoms with E-state index in [2.05, 4.69) is 33.5 Å². The van der Waals surface area contributed by atoms with Crippen LogP contribution in [-0.2, 0) is 39.9 Å². The molecule has 0 bridgehead atoms. The van der Waals surface area contributed by atoms with Crippen molar-refractivity contribution in [1.29, 1.82) is 0 Å². The zero-order valence-corrected chi connectivity index (χ0v) is 35.7. The van der Waals surface area contributed by atoms with Gasteiger partial charge in [-0.25, -0.2) is 7.91 Å². The molecule has 1 heterocycles. The first-order valence-electron chi connectivity index (χ1n) is 18.8. The number of likely N-dealkylation sites (tertiary alicyclic amines) is 1. The molecule has 3 N–H and O–H groups in total. The van der Waals surface area contributed by atoms with Gasteiger partial charge in [0.2, 0.25) is 23.6 Å². The molecule has 0 spiro atoms. The summed E-state index contributed by atoms with van der Waals surface area (Å²) in [4.78, 5) is 70.7. The topological polar surface area (TPSA) is 158 Å². The number of nitrogens with one attached hydrogen (secondary N) is 2. The second kappa shape index (κ2) is 21.9. The molecule has 1 aromatic carbocycles. The van der Waals surface area contributed by atoms with Crippen LogP contribution in [0.15, 0.2) is 30.3 Å². The molecule has 2 rings (SSSR count). The Labute approximate surface area is 330 Å². The van der Waals surface area contributed by atoms with E-state index in [1.807, 2.05) is 82.0 Å². The fourth-order valence-corrected chi connectivity index (χ4v) is 8.40. The lowest BCUT2D eigenvalue weighted by molar-refractivity contribution is -0.148. The minimum absolute atomic E-state index is 0.0113. The molecule has 4 amide bonds. The number of rotatable bonds is 21. The van der Waals surface area contributed by atoms with Crippen LogP contribution in [-0.4, -0.2) is 125 Å². The average Bonchev–Trinajstić information content (AvgIpc) is 3.59. The number of carbonyl (C=O) groups excluding carboxylic acids is 4. The summed E-state index contributed by atoms with van der Waals surface area (Å²) < 4.78 is 13.7. The molecule has 0 saturated carbocycles. The highest BCUT2D eigenvalue weighted by molar-refractivity contribution is 14.1. The highest BCUT2D eigenvalue weighted by atomic mass is 127. The Morgan fingerprint density at radius 2 is 1.57 bits per heavy atom. The van der Waals surface area contributed by atoms with Crippen LogP contribution in [0.3, 0.4) is 0 Å². The van der Waals surface area contributed by atoms with Crippen LogP contribution in [0, 0.1) is 23.7 Å². The lowest BCUT2D eigenvalue weighted by Crippen LogP contribution is -2.59. The number of hydrogen-bond acceptors (Lipinski definition) is 8. The molecule has 53 heavy (non-hydrogen) atoms. The quantitative estimate of drug-likeness (QED) is 0.122. The molecule has 9 atom stereocenters. The minimum atomic E-state index is -1.14. The lowest BCUT2D eigenvalue weighted by Gasteiger charge is -2.41. The van der Waals surface area contributed by atoms with Crippen molar-refractivity contribution in [2.45, 2.75) is 123 Å². The summed E-state index contributed by atoms with van der Waals surface area (Å²) in [5, 5.41) is 15.6. The molecule has 0 radical (unpaired) electrons. The molecule has 1 saturated heterocycles. The van der Waals surface area contributed by atoms with E-state index >= 15 is 0 Å². The van der Waals surface area contributed by atoms with Gasteiger partial charge in [-0.2, -0.15) is 0 Å². The lowest BCUT2D eigenvalue weighted by atomic mass is 9.89. The molecule has 13 nitrogen and oxygen atoms in total. The van der Waals surface area contributed by atoms with Crippen LogP contribution in [0.1, 0.15) is 79.7 Å². The Kier molecular flexibility index (Phi) is 19.2. The summed E-state index contributed by atoms with van der Waals surface area (Å²) in [5.74, 6) is -3.23. The van der Waals surface area contributed by atoms with Gasteiger partial charge in [-0.3, -0.25) is 19.2 Å². The van der Waals surface area contributed by atoms with Gasteiger partial charge in [0, 0.05) is 57.1 Å². The van der Waals surface area contributed by atoms with Crippen LogP contribution < -0.4 is 10.6 Å². The Bertz CT molecular complexity index is 1340. The summed E-state index contributed by atoms with van der Waals surface area (Å²) in [6.07, 6.45) is 0.815. The number of carboxylic acid groups (broad SMARTS) is 1. The summed E-state index contributed by atoms with van der Waals surface area (Å²) in [6.45, 7) is 13.9. The van der Waals surface area contributed by atoms with Gasteiger partial charge in [-0.15, -0.1) is 0 Å². The molecule has 1 aliphatic heterocycles. The van der Waals surface area contributed by atoms with Gasteiger partial charge in [-0.05, 0) is 43.2 Å². The van der Waals surface area contributed by atoms with Crippen LogP contribution in [0.5, 0.6) is 0 Å². The third-order valence-corrected chi connectivity index (χ3v) is 11.3. The fourth-order valence-electron chi connectivity index (χ4n) is 7.51. The number of carbonyl (C=O) groups is 5. The van der Waals surface area contributed by atoms with E-state index in [0.29, 0.717) is 19.4 Å². The normalized spacial score (nSPS) is 19.2. The number of ether oxygens (including phenoxy) is 2. The van der Waals surface area contributed by atoms with E-state index in [1.165, 1.54) is 14.2 Å². The first kappa shape index (κ1) is 46.3. The highest BCUT2D eigenvalue weighted by Gasteiger charge is 2.43. The van der Waals surface area contributed by atoms with E-state index < -0.39 is 60.2 Å². The predicted molar refractivity (Wildman–Crippen MR) is 213 cm³/mol. The zero-order valence-electron chi connectivity index (χ0n) is 33.5. The second-order valence-corrected chi connectivity index (χ2v) is 16.6. The van der Waals surface area contributed by atoms with Gasteiger partial charge < -0.3 is 35.0 Å². The minimum Gasteiger partial charge on any atom is -0.480 e. The smallest absolute Gasteiger partial charge is 0.326 e. The van der Waals surface area contributed by atoms with Crippen LogP contribution in [0.25, 0.3) is 0 Å². The van der Waals surface area contributed by atoms with E-state index in [9.17, 15) is 29.1 Å². The van der Waals surface area contributed by atoms with Gasteiger partial charge in [0.1, 0.15) is 18.1 Å². The van der Waals surface area contributed by atoms with E-state index in [-0.39, 0.29) is 48.3 Å². The van der Waals surface area contributed by atoms with E-state index in [0.717, 1.165) is 12.0 Å². The Morgan fingerprint density at radius 1 is 0.943 bits per heavy atom. The van der Waals surface area contributed by atoms with Crippen molar-refractivity contribution >= 4 is 52.5 Å². The van der Waals surface area contributed by atoms with Crippen molar-refractivity contribution in [3.8, 4) is 0 Å². The van der Waals surface area contributed by atoms with Crippen LogP contribution in [0.4, 0.5) is 0 Å². The standard InChI is InChI=1S/C39H64IN5O8/c1-12-25(6)34(43(8)38(49)32(23(2)3)42-37(48)33(24(4)5)44(9)40)30(52-10)22-31(46)45-20-16-19-29(45)35(53-11)26(7)36(47)41-28(39(50)51)21-27-17-14-13-15-18-27/h13-15,17-18,23-26,28-30,32-35H,12,16,19-22H2,1-11H3,(H,41,47)(H,42,48)(H,50,51)/t25-,26+,28-,29-,30+,32-,33-,34-,35+/m0/s1. The molecule has 1 aliphatic rings. The number of likely N-dealkylation sites (N-methyl/N-ethyl adjacent to an activating group) is 2. The predicted octanol–water partition coefficient (Wildman–Crippen LogP) is 4.17. The highest BCUT2D eigenvalue weighted by Crippen LogP contribution is 2.30. The first-order valence-corrected chi connectivity index (χ1v) is 19.8. The van der Waals surface area contributed by atoms with Crippen molar-refractivity contribution in [3.05, 3.63) is 35.9 Å². The van der Waals surface area contributed by atoms with Gasteiger partial charge in [0.15, 0.2) is 0 Å². The van der Waals surface area contributed by atoms with Crippen molar-refractivity contribution in [2.75, 3.05) is 34.9 Å². The van der Waals surface area contributed by atoms with Crippen LogP contribution >= 0.6 is 22.9 Å².